The molecule has 27 heavy (non-hydrogen) atoms. The molecule has 0 amide bonds. The molecule has 0 radical (unpaired) electrons. The third-order valence-electron chi connectivity index (χ3n) is 3.96. The zero-order valence-electron chi connectivity index (χ0n) is 14.0. The molecule has 0 saturated heterocycles. The normalized spacial score (nSPS) is 11.0. The van der Waals surface area contributed by atoms with Crippen LogP contribution in [0, 0.1) is 10.1 Å². The van der Waals surface area contributed by atoms with Gasteiger partial charge in [0.1, 0.15) is 12.3 Å². The Hall–Kier alpha value is -3.95. The minimum Gasteiger partial charge on any atom is -0.497 e. The maximum absolute atomic E-state index is 12.1. The lowest BCUT2D eigenvalue weighted by molar-refractivity contribution is -0.384. The number of ether oxygens (including phenoxy) is 1. The van der Waals surface area contributed by atoms with E-state index in [0.717, 1.165) is 0 Å². The van der Waals surface area contributed by atoms with Crippen LogP contribution in [0.15, 0.2) is 56.1 Å². The highest BCUT2D eigenvalue weighted by Gasteiger charge is 2.17. The minimum atomic E-state index is -0.672. The SMILES string of the molecule is COc1ccc(-c2nnc(Cn3c(=O)oc4ccc([N+](=O)[O-])cc43)o2)cc1. The van der Waals surface area contributed by atoms with E-state index in [2.05, 4.69) is 10.2 Å². The zero-order valence-corrected chi connectivity index (χ0v) is 14.0. The maximum atomic E-state index is 12.1. The van der Waals surface area contributed by atoms with Crippen LogP contribution in [0.2, 0.25) is 0 Å². The Morgan fingerprint density at radius 1 is 1.15 bits per heavy atom. The van der Waals surface area contributed by atoms with Crippen LogP contribution < -0.4 is 10.5 Å². The lowest BCUT2D eigenvalue weighted by atomic mass is 10.2. The molecule has 0 atom stereocenters. The Morgan fingerprint density at radius 2 is 1.93 bits per heavy atom. The number of aromatic nitrogens is 3. The number of rotatable bonds is 5. The first kappa shape index (κ1) is 16.5. The highest BCUT2D eigenvalue weighted by molar-refractivity contribution is 5.76. The molecule has 2 aromatic carbocycles. The lowest BCUT2D eigenvalue weighted by Gasteiger charge is -1.99. The molecule has 10 nitrogen and oxygen atoms in total. The van der Waals surface area contributed by atoms with Crippen LogP contribution in [0.3, 0.4) is 0 Å². The predicted molar refractivity (Wildman–Crippen MR) is 92.5 cm³/mol. The summed E-state index contributed by atoms with van der Waals surface area (Å²) < 4.78 is 17.0. The fourth-order valence-electron chi connectivity index (χ4n) is 2.62. The van der Waals surface area contributed by atoms with E-state index >= 15 is 0 Å². The zero-order chi connectivity index (χ0) is 19.0. The van der Waals surface area contributed by atoms with E-state index in [1.807, 2.05) is 0 Å². The highest BCUT2D eigenvalue weighted by atomic mass is 16.6. The van der Waals surface area contributed by atoms with Crippen molar-refractivity contribution in [1.29, 1.82) is 0 Å². The summed E-state index contributed by atoms with van der Waals surface area (Å²) in [6.07, 6.45) is 0. The Morgan fingerprint density at radius 3 is 2.63 bits per heavy atom. The second kappa shape index (κ2) is 6.41. The van der Waals surface area contributed by atoms with Crippen molar-refractivity contribution in [2.24, 2.45) is 0 Å². The molecule has 0 fully saturated rings. The molecule has 0 bridgehead atoms. The molecule has 2 heterocycles. The van der Waals surface area contributed by atoms with Crippen LogP contribution in [0.25, 0.3) is 22.6 Å². The highest BCUT2D eigenvalue weighted by Crippen LogP contribution is 2.23. The van der Waals surface area contributed by atoms with Crippen LogP contribution in [-0.4, -0.2) is 26.8 Å². The molecule has 2 aromatic heterocycles. The topological polar surface area (TPSA) is 126 Å². The molecule has 0 unspecified atom stereocenters. The van der Waals surface area contributed by atoms with Crippen molar-refractivity contribution in [3.8, 4) is 17.2 Å². The summed E-state index contributed by atoms with van der Waals surface area (Å²) in [5.41, 5.74) is 1.05. The van der Waals surface area contributed by atoms with E-state index in [-0.39, 0.29) is 35.1 Å². The Balaban J connectivity index is 1.67. The summed E-state index contributed by atoms with van der Waals surface area (Å²) in [6.45, 7) is -0.0733. The molecule has 0 saturated carbocycles. The summed E-state index contributed by atoms with van der Waals surface area (Å²) in [5, 5.41) is 18.9. The third-order valence-corrected chi connectivity index (χ3v) is 3.96. The van der Waals surface area contributed by atoms with Crippen molar-refractivity contribution < 1.29 is 18.5 Å². The average Bonchev–Trinajstić information content (AvgIpc) is 3.26. The van der Waals surface area contributed by atoms with Crippen LogP contribution >= 0.6 is 0 Å². The van der Waals surface area contributed by atoms with Crippen LogP contribution in [0.4, 0.5) is 5.69 Å². The maximum Gasteiger partial charge on any atom is 0.420 e. The molecule has 136 valence electrons. The molecule has 0 aliphatic carbocycles. The van der Waals surface area contributed by atoms with Crippen molar-refractivity contribution in [3.63, 3.8) is 0 Å². The van der Waals surface area contributed by atoms with Crippen molar-refractivity contribution in [2.45, 2.75) is 6.54 Å². The average molecular weight is 368 g/mol. The summed E-state index contributed by atoms with van der Waals surface area (Å²) >= 11 is 0. The Kier molecular flexibility index (Phi) is 3.92. The van der Waals surface area contributed by atoms with Crippen molar-refractivity contribution in [2.75, 3.05) is 7.11 Å². The Labute approximate surface area is 150 Å². The van der Waals surface area contributed by atoms with Gasteiger partial charge in [0.25, 0.3) is 5.69 Å². The predicted octanol–water partition coefficient (Wildman–Crippen LogP) is 2.61. The molecule has 4 aromatic rings. The number of fused-ring (bicyclic) bond motifs is 1. The van der Waals surface area contributed by atoms with Crippen LogP contribution in [-0.2, 0) is 6.54 Å². The van der Waals surface area contributed by atoms with Gasteiger partial charge in [-0.15, -0.1) is 10.2 Å². The molecule has 10 heteroatoms. The summed E-state index contributed by atoms with van der Waals surface area (Å²) in [4.78, 5) is 22.5. The van der Waals surface area contributed by atoms with E-state index in [1.165, 1.54) is 22.8 Å². The van der Waals surface area contributed by atoms with Gasteiger partial charge in [0.2, 0.25) is 11.8 Å². The smallest absolute Gasteiger partial charge is 0.420 e. The summed E-state index contributed by atoms with van der Waals surface area (Å²) in [5.74, 6) is 0.461. The van der Waals surface area contributed by atoms with E-state index in [4.69, 9.17) is 13.6 Å². The Bertz CT molecular complexity index is 1190. The summed E-state index contributed by atoms with van der Waals surface area (Å²) in [7, 11) is 1.57. The van der Waals surface area contributed by atoms with Gasteiger partial charge >= 0.3 is 5.76 Å². The minimum absolute atomic E-state index is 0.0733. The molecule has 0 spiro atoms. The summed E-state index contributed by atoms with van der Waals surface area (Å²) in [6, 6.07) is 10.9. The quantitative estimate of drug-likeness (QED) is 0.388. The van der Waals surface area contributed by atoms with Gasteiger partial charge in [0.05, 0.1) is 17.5 Å². The molecule has 0 aliphatic rings. The van der Waals surface area contributed by atoms with E-state index in [1.54, 1.807) is 31.4 Å². The van der Waals surface area contributed by atoms with Gasteiger partial charge in [-0.25, -0.2) is 4.79 Å². The van der Waals surface area contributed by atoms with Gasteiger partial charge in [-0.3, -0.25) is 14.7 Å². The van der Waals surface area contributed by atoms with Gasteiger partial charge in [0, 0.05) is 17.7 Å². The van der Waals surface area contributed by atoms with Crippen molar-refractivity contribution in [3.05, 3.63) is 69.0 Å². The van der Waals surface area contributed by atoms with Gasteiger partial charge in [-0.2, -0.15) is 0 Å². The molecule has 0 N–H and O–H groups in total. The van der Waals surface area contributed by atoms with Crippen molar-refractivity contribution in [1.82, 2.24) is 14.8 Å². The number of hydrogen-bond donors (Lipinski definition) is 0. The van der Waals surface area contributed by atoms with Gasteiger partial charge in [-0.1, -0.05) is 0 Å². The number of nitro groups is 1. The first-order valence-corrected chi connectivity index (χ1v) is 7.80. The van der Waals surface area contributed by atoms with Crippen LogP contribution in [0.5, 0.6) is 5.75 Å². The number of oxazole rings is 1. The van der Waals surface area contributed by atoms with Gasteiger partial charge < -0.3 is 13.6 Å². The number of nitro benzene ring substituents is 1. The second-order valence-electron chi connectivity index (χ2n) is 5.59. The first-order chi connectivity index (χ1) is 13.0. The number of nitrogens with zero attached hydrogens (tertiary/aromatic N) is 4. The van der Waals surface area contributed by atoms with Crippen molar-refractivity contribution >= 4 is 16.8 Å². The van der Waals surface area contributed by atoms with E-state index in [0.29, 0.717) is 11.3 Å². The molecular weight excluding hydrogens is 356 g/mol. The molecular formula is C17H12N4O6. The number of benzene rings is 2. The van der Waals surface area contributed by atoms with Crippen LogP contribution in [0.1, 0.15) is 5.89 Å². The molecule has 4 rings (SSSR count). The number of non-ortho nitro benzene ring substituents is 1. The monoisotopic (exact) mass is 368 g/mol. The van der Waals surface area contributed by atoms with E-state index < -0.39 is 10.7 Å². The molecule has 0 aliphatic heterocycles. The second-order valence-corrected chi connectivity index (χ2v) is 5.59. The van der Waals surface area contributed by atoms with Gasteiger partial charge in [-0.05, 0) is 30.3 Å². The number of hydrogen-bond acceptors (Lipinski definition) is 8. The fraction of sp³-hybridized carbons (Fsp3) is 0.118. The first-order valence-electron chi connectivity index (χ1n) is 7.80. The number of methoxy groups -OCH3 is 1. The third kappa shape index (κ3) is 3.03. The lowest BCUT2D eigenvalue weighted by Crippen LogP contribution is -2.15. The standard InChI is InChI=1S/C17H12N4O6/c1-25-12-5-2-10(3-6-12)16-19-18-15(27-16)9-20-13-8-11(21(23)24)4-7-14(13)26-17(20)22/h2-8H,9H2,1H3. The largest absolute Gasteiger partial charge is 0.497 e. The van der Waals surface area contributed by atoms with E-state index in [9.17, 15) is 14.9 Å². The fourth-order valence-corrected chi connectivity index (χ4v) is 2.62. The van der Waals surface area contributed by atoms with Gasteiger partial charge in [0.15, 0.2) is 5.58 Å².